The summed E-state index contributed by atoms with van der Waals surface area (Å²) in [6.45, 7) is 4.32. The van der Waals surface area contributed by atoms with Crippen LogP contribution in [0, 0.1) is 0 Å². The van der Waals surface area contributed by atoms with Gasteiger partial charge in [-0.25, -0.2) is 4.79 Å². The molecule has 1 aliphatic heterocycles. The van der Waals surface area contributed by atoms with Gasteiger partial charge in [0, 0.05) is 18.7 Å². The number of carbonyl (C=O) groups is 2. The van der Waals surface area contributed by atoms with Gasteiger partial charge in [-0.15, -0.1) is 11.3 Å². The molecule has 1 atom stereocenters. The van der Waals surface area contributed by atoms with E-state index in [2.05, 4.69) is 4.90 Å². The van der Waals surface area contributed by atoms with Crippen molar-refractivity contribution in [2.45, 2.75) is 13.0 Å². The maximum Gasteiger partial charge on any atom is 0.349 e. The molecule has 2 N–H and O–H groups in total. The third-order valence-electron chi connectivity index (χ3n) is 3.98. The predicted molar refractivity (Wildman–Crippen MR) is 96.9 cm³/mol. The van der Waals surface area contributed by atoms with Crippen LogP contribution in [0.25, 0.3) is 11.1 Å². The normalized spacial score (nSPS) is 15.6. The Balaban J connectivity index is 1.94. The number of rotatable bonds is 5. The first-order valence-corrected chi connectivity index (χ1v) is 8.90. The lowest BCUT2D eigenvalue weighted by Gasteiger charge is -2.28. The number of anilines is 1. The monoisotopic (exact) mass is 360 g/mol. The minimum atomic E-state index is -0.957. The van der Waals surface area contributed by atoms with E-state index in [0.717, 1.165) is 29.2 Å². The highest BCUT2D eigenvalue weighted by Crippen LogP contribution is 2.39. The van der Waals surface area contributed by atoms with E-state index in [4.69, 9.17) is 15.2 Å². The van der Waals surface area contributed by atoms with Gasteiger partial charge >= 0.3 is 5.97 Å². The molecule has 1 amide bonds. The van der Waals surface area contributed by atoms with Gasteiger partial charge in [0.15, 0.2) is 6.10 Å². The molecule has 1 aliphatic rings. The molecule has 0 saturated carbocycles. The summed E-state index contributed by atoms with van der Waals surface area (Å²) in [5.41, 5.74) is 7.18. The Kier molecular flexibility index (Phi) is 5.35. The van der Waals surface area contributed by atoms with E-state index < -0.39 is 18.0 Å². The lowest BCUT2D eigenvalue weighted by atomic mass is 10.1. The van der Waals surface area contributed by atoms with Gasteiger partial charge in [-0.2, -0.15) is 0 Å². The molecule has 3 rings (SSSR count). The fourth-order valence-electron chi connectivity index (χ4n) is 2.58. The van der Waals surface area contributed by atoms with E-state index in [-0.39, 0.29) is 0 Å². The number of esters is 1. The van der Waals surface area contributed by atoms with Crippen LogP contribution < -0.4 is 10.6 Å². The predicted octanol–water partition coefficient (Wildman–Crippen LogP) is 2.28. The molecule has 1 saturated heterocycles. The number of hydrogen-bond donors (Lipinski definition) is 1. The molecule has 2 heterocycles. The molecule has 7 heteroatoms. The highest BCUT2D eigenvalue weighted by Gasteiger charge is 2.24. The average Bonchev–Trinajstić information content (AvgIpc) is 3.08. The molecule has 0 bridgehead atoms. The van der Waals surface area contributed by atoms with E-state index in [0.29, 0.717) is 18.1 Å². The van der Waals surface area contributed by atoms with Crippen LogP contribution in [0.3, 0.4) is 0 Å². The molecule has 6 nitrogen and oxygen atoms in total. The molecule has 1 aromatic carbocycles. The number of nitrogens with zero attached hydrogens (tertiary/aromatic N) is 1. The maximum atomic E-state index is 12.4. The van der Waals surface area contributed by atoms with Crippen molar-refractivity contribution in [3.63, 3.8) is 0 Å². The van der Waals surface area contributed by atoms with Crippen molar-refractivity contribution in [2.24, 2.45) is 5.73 Å². The van der Waals surface area contributed by atoms with Gasteiger partial charge in [-0.3, -0.25) is 4.79 Å². The molecular weight excluding hydrogens is 340 g/mol. The van der Waals surface area contributed by atoms with Crippen molar-refractivity contribution >= 4 is 28.2 Å². The van der Waals surface area contributed by atoms with Crippen LogP contribution in [0.1, 0.15) is 16.6 Å². The van der Waals surface area contributed by atoms with Crippen LogP contribution >= 0.6 is 11.3 Å². The SMILES string of the molecule is C[C@H](OC(=O)c1cc(-c2ccccc2)c(N2CCOCC2)s1)C(N)=O. The summed E-state index contributed by atoms with van der Waals surface area (Å²) in [6.07, 6.45) is -0.957. The summed E-state index contributed by atoms with van der Waals surface area (Å²) >= 11 is 1.37. The molecular formula is C18H20N2O4S. The van der Waals surface area contributed by atoms with Crippen LogP contribution in [0.5, 0.6) is 0 Å². The van der Waals surface area contributed by atoms with Crippen molar-refractivity contribution < 1.29 is 19.1 Å². The van der Waals surface area contributed by atoms with Gasteiger partial charge < -0.3 is 20.1 Å². The zero-order chi connectivity index (χ0) is 17.8. The van der Waals surface area contributed by atoms with Crippen LogP contribution in [0.15, 0.2) is 36.4 Å². The van der Waals surface area contributed by atoms with Gasteiger partial charge in [0.2, 0.25) is 0 Å². The number of nitrogens with two attached hydrogens (primary N) is 1. The van der Waals surface area contributed by atoms with Crippen LogP contribution in [-0.4, -0.2) is 44.3 Å². The molecule has 0 radical (unpaired) electrons. The van der Waals surface area contributed by atoms with E-state index in [9.17, 15) is 9.59 Å². The van der Waals surface area contributed by atoms with E-state index in [1.165, 1.54) is 18.3 Å². The molecule has 132 valence electrons. The van der Waals surface area contributed by atoms with Crippen molar-refractivity contribution in [2.75, 3.05) is 31.2 Å². The van der Waals surface area contributed by atoms with E-state index in [1.807, 2.05) is 36.4 Å². The Bertz CT molecular complexity index is 754. The second kappa shape index (κ2) is 7.67. The second-order valence-corrected chi connectivity index (χ2v) is 6.78. The van der Waals surface area contributed by atoms with Crippen molar-refractivity contribution in [1.82, 2.24) is 0 Å². The number of ether oxygens (including phenoxy) is 2. The first kappa shape index (κ1) is 17.4. The number of hydrogen-bond acceptors (Lipinski definition) is 6. The number of morpholine rings is 1. The molecule has 1 aromatic heterocycles. The smallest absolute Gasteiger partial charge is 0.349 e. The van der Waals surface area contributed by atoms with Gasteiger partial charge in [-0.1, -0.05) is 30.3 Å². The van der Waals surface area contributed by atoms with Gasteiger partial charge in [-0.05, 0) is 18.6 Å². The number of thiophene rings is 1. The lowest BCUT2D eigenvalue weighted by molar-refractivity contribution is -0.125. The third kappa shape index (κ3) is 4.00. The highest BCUT2D eigenvalue weighted by molar-refractivity contribution is 7.18. The summed E-state index contributed by atoms with van der Waals surface area (Å²) in [7, 11) is 0. The van der Waals surface area contributed by atoms with E-state index >= 15 is 0 Å². The number of amides is 1. The van der Waals surface area contributed by atoms with Gasteiger partial charge in [0.25, 0.3) is 5.91 Å². The van der Waals surface area contributed by atoms with Crippen LogP contribution in [-0.2, 0) is 14.3 Å². The quantitative estimate of drug-likeness (QED) is 0.827. The molecule has 0 unspecified atom stereocenters. The maximum absolute atomic E-state index is 12.4. The highest BCUT2D eigenvalue weighted by atomic mass is 32.1. The summed E-state index contributed by atoms with van der Waals surface area (Å²) in [6, 6.07) is 11.7. The Morgan fingerprint density at radius 3 is 2.56 bits per heavy atom. The fourth-order valence-corrected chi connectivity index (χ4v) is 3.70. The first-order chi connectivity index (χ1) is 12.1. The Labute approximate surface area is 150 Å². The zero-order valence-electron chi connectivity index (χ0n) is 13.9. The van der Waals surface area contributed by atoms with Crippen molar-refractivity contribution in [1.29, 1.82) is 0 Å². The molecule has 0 aliphatic carbocycles. The topological polar surface area (TPSA) is 81.9 Å². The zero-order valence-corrected chi connectivity index (χ0v) is 14.8. The largest absolute Gasteiger partial charge is 0.448 e. The van der Waals surface area contributed by atoms with Gasteiger partial charge in [0.1, 0.15) is 4.88 Å². The Hall–Kier alpha value is -2.38. The number of benzene rings is 1. The third-order valence-corrected chi connectivity index (χ3v) is 5.16. The summed E-state index contributed by atoms with van der Waals surface area (Å²) < 4.78 is 10.6. The van der Waals surface area contributed by atoms with Crippen molar-refractivity contribution in [3.05, 3.63) is 41.3 Å². The van der Waals surface area contributed by atoms with Gasteiger partial charge in [0.05, 0.1) is 18.2 Å². The second-order valence-electron chi connectivity index (χ2n) is 5.74. The molecule has 2 aromatic rings. The molecule has 0 spiro atoms. The van der Waals surface area contributed by atoms with E-state index in [1.54, 1.807) is 0 Å². The molecule has 1 fully saturated rings. The Morgan fingerprint density at radius 1 is 1.24 bits per heavy atom. The lowest BCUT2D eigenvalue weighted by Crippen LogP contribution is -2.35. The Morgan fingerprint density at radius 2 is 1.92 bits per heavy atom. The summed E-state index contributed by atoms with van der Waals surface area (Å²) in [5.74, 6) is -1.20. The first-order valence-electron chi connectivity index (χ1n) is 8.08. The van der Waals surface area contributed by atoms with Crippen LogP contribution in [0.4, 0.5) is 5.00 Å². The van der Waals surface area contributed by atoms with Crippen LogP contribution in [0.2, 0.25) is 0 Å². The minimum Gasteiger partial charge on any atom is -0.448 e. The minimum absolute atomic E-state index is 0.452. The molecule has 25 heavy (non-hydrogen) atoms. The fraction of sp³-hybridized carbons (Fsp3) is 0.333. The standard InChI is InChI=1S/C18H20N2O4S/c1-12(16(19)21)24-18(22)15-11-14(13-5-3-2-4-6-13)17(25-15)20-7-9-23-10-8-20/h2-6,11-12H,7-10H2,1H3,(H2,19,21)/t12-/m0/s1. The summed E-state index contributed by atoms with van der Waals surface area (Å²) in [4.78, 5) is 26.2. The number of primary amides is 1. The van der Waals surface area contributed by atoms with Crippen molar-refractivity contribution in [3.8, 4) is 11.1 Å². The summed E-state index contributed by atoms with van der Waals surface area (Å²) in [5, 5.41) is 1.01. The average molecular weight is 360 g/mol. The number of carbonyl (C=O) groups excluding carboxylic acids is 2.